The number of hydrogen-bond donors (Lipinski definition) is 1. The average Bonchev–Trinajstić information content (AvgIpc) is 3.07. The molecule has 0 saturated carbocycles. The lowest BCUT2D eigenvalue weighted by Crippen LogP contribution is -2.39. The number of aromatic nitrogens is 2. The maximum Gasteiger partial charge on any atom is 0.289 e. The molecule has 1 aliphatic rings. The van der Waals surface area contributed by atoms with Crippen molar-refractivity contribution in [2.75, 3.05) is 19.6 Å². The van der Waals surface area contributed by atoms with Crippen LogP contribution in [-0.4, -0.2) is 45.3 Å². The predicted octanol–water partition coefficient (Wildman–Crippen LogP) is 2.27. The van der Waals surface area contributed by atoms with E-state index in [4.69, 9.17) is 4.42 Å². The number of amides is 1. The molecule has 27 heavy (non-hydrogen) atoms. The highest BCUT2D eigenvalue weighted by molar-refractivity contribution is 5.92. The Kier molecular flexibility index (Phi) is 5.79. The summed E-state index contributed by atoms with van der Waals surface area (Å²) in [6.45, 7) is 11.6. The lowest BCUT2D eigenvalue weighted by Gasteiger charge is -2.26. The van der Waals surface area contributed by atoms with Crippen LogP contribution in [0.4, 0.5) is 0 Å². The van der Waals surface area contributed by atoms with E-state index >= 15 is 0 Å². The van der Waals surface area contributed by atoms with Crippen molar-refractivity contribution in [1.82, 2.24) is 19.8 Å². The molecular formula is C20H28N4O3. The van der Waals surface area contributed by atoms with Crippen LogP contribution in [0.15, 0.2) is 15.3 Å². The number of rotatable bonds is 6. The lowest BCUT2D eigenvalue weighted by molar-refractivity contribution is 0.0697. The van der Waals surface area contributed by atoms with Crippen molar-refractivity contribution in [3.05, 3.63) is 50.6 Å². The Hall–Kier alpha value is -2.41. The Morgan fingerprint density at radius 1 is 1.33 bits per heavy atom. The number of H-pyrrole nitrogens is 1. The Balaban J connectivity index is 1.82. The Bertz CT molecular complexity index is 880. The van der Waals surface area contributed by atoms with E-state index in [9.17, 15) is 9.59 Å². The highest BCUT2D eigenvalue weighted by Crippen LogP contribution is 2.22. The van der Waals surface area contributed by atoms with Gasteiger partial charge in [-0.05, 0) is 32.5 Å². The van der Waals surface area contributed by atoms with Crippen molar-refractivity contribution in [3.8, 4) is 0 Å². The van der Waals surface area contributed by atoms with Crippen LogP contribution in [0.5, 0.6) is 0 Å². The largest absolute Gasteiger partial charge is 0.456 e. The molecule has 7 nitrogen and oxygen atoms in total. The monoisotopic (exact) mass is 372 g/mol. The summed E-state index contributed by atoms with van der Waals surface area (Å²) in [5, 5.41) is 0. The van der Waals surface area contributed by atoms with Gasteiger partial charge < -0.3 is 14.3 Å². The van der Waals surface area contributed by atoms with Gasteiger partial charge in [0.25, 0.3) is 11.5 Å². The fraction of sp³-hybridized carbons (Fsp3) is 0.550. The van der Waals surface area contributed by atoms with Crippen molar-refractivity contribution in [2.24, 2.45) is 0 Å². The summed E-state index contributed by atoms with van der Waals surface area (Å²) in [6, 6.07) is 1.88. The molecule has 146 valence electrons. The van der Waals surface area contributed by atoms with Crippen LogP contribution in [0, 0.1) is 6.92 Å². The van der Waals surface area contributed by atoms with E-state index in [-0.39, 0.29) is 11.5 Å². The second-order valence-corrected chi connectivity index (χ2v) is 6.93. The molecular weight excluding hydrogens is 344 g/mol. The molecule has 0 unspecified atom stereocenters. The van der Waals surface area contributed by atoms with Crippen LogP contribution in [0.25, 0.3) is 0 Å². The third kappa shape index (κ3) is 3.98. The van der Waals surface area contributed by atoms with Gasteiger partial charge in [-0.1, -0.05) is 20.8 Å². The first-order valence-electron chi connectivity index (χ1n) is 9.68. The summed E-state index contributed by atoms with van der Waals surface area (Å²) in [4.78, 5) is 36.2. The molecule has 0 saturated heterocycles. The van der Waals surface area contributed by atoms with Crippen molar-refractivity contribution in [2.45, 2.75) is 53.6 Å². The van der Waals surface area contributed by atoms with Gasteiger partial charge >= 0.3 is 0 Å². The second-order valence-electron chi connectivity index (χ2n) is 6.93. The third-order valence-electron chi connectivity index (χ3n) is 5.20. The molecule has 3 heterocycles. The van der Waals surface area contributed by atoms with Gasteiger partial charge in [-0.3, -0.25) is 14.5 Å². The van der Waals surface area contributed by atoms with Gasteiger partial charge in [0.1, 0.15) is 11.6 Å². The quantitative estimate of drug-likeness (QED) is 0.841. The first-order valence-corrected chi connectivity index (χ1v) is 9.68. The van der Waals surface area contributed by atoms with Crippen molar-refractivity contribution < 1.29 is 9.21 Å². The van der Waals surface area contributed by atoms with E-state index in [0.717, 1.165) is 37.4 Å². The Morgan fingerprint density at radius 2 is 2.07 bits per heavy atom. The number of aromatic amines is 1. The van der Waals surface area contributed by atoms with Crippen molar-refractivity contribution in [3.63, 3.8) is 0 Å². The average molecular weight is 372 g/mol. The second kappa shape index (κ2) is 8.08. The van der Waals surface area contributed by atoms with E-state index in [1.807, 2.05) is 13.0 Å². The maximum absolute atomic E-state index is 13.0. The molecule has 1 amide bonds. The van der Waals surface area contributed by atoms with Crippen LogP contribution >= 0.6 is 0 Å². The fourth-order valence-corrected chi connectivity index (χ4v) is 3.59. The minimum atomic E-state index is -0.138. The van der Waals surface area contributed by atoms with Gasteiger partial charge in [-0.2, -0.15) is 0 Å². The third-order valence-corrected chi connectivity index (χ3v) is 5.20. The molecule has 0 bridgehead atoms. The topological polar surface area (TPSA) is 82.4 Å². The smallest absolute Gasteiger partial charge is 0.289 e. The van der Waals surface area contributed by atoms with E-state index in [2.05, 4.69) is 28.7 Å². The molecule has 0 aliphatic carbocycles. The number of carbonyl (C=O) groups excluding carboxylic acids is 1. The van der Waals surface area contributed by atoms with Crippen LogP contribution in [0.2, 0.25) is 0 Å². The van der Waals surface area contributed by atoms with Gasteiger partial charge in [0.15, 0.2) is 5.76 Å². The highest BCUT2D eigenvalue weighted by Gasteiger charge is 2.27. The summed E-state index contributed by atoms with van der Waals surface area (Å²) in [5.41, 5.74) is 2.34. The number of fused-ring (bicyclic) bond motifs is 1. The van der Waals surface area contributed by atoms with Crippen LogP contribution in [0.1, 0.15) is 59.7 Å². The normalized spacial score (nSPS) is 13.9. The molecule has 2 aromatic heterocycles. The van der Waals surface area contributed by atoms with E-state index in [1.54, 1.807) is 11.8 Å². The summed E-state index contributed by atoms with van der Waals surface area (Å²) in [6.07, 6.45) is 1.26. The molecule has 7 heteroatoms. The molecule has 1 N–H and O–H groups in total. The number of nitrogens with one attached hydrogen (secondary N) is 1. The minimum absolute atomic E-state index is 0.0997. The molecule has 1 aliphatic heterocycles. The zero-order valence-corrected chi connectivity index (χ0v) is 16.6. The van der Waals surface area contributed by atoms with Gasteiger partial charge in [0, 0.05) is 30.6 Å². The molecule has 2 aromatic rings. The number of furan rings is 1. The summed E-state index contributed by atoms with van der Waals surface area (Å²) >= 11 is 0. The van der Waals surface area contributed by atoms with Crippen molar-refractivity contribution >= 4 is 5.91 Å². The highest BCUT2D eigenvalue weighted by atomic mass is 16.4. The van der Waals surface area contributed by atoms with Crippen molar-refractivity contribution in [1.29, 1.82) is 0 Å². The number of nitrogens with zero attached hydrogens (tertiary/aromatic N) is 3. The summed E-state index contributed by atoms with van der Waals surface area (Å²) < 4.78 is 5.90. The van der Waals surface area contributed by atoms with Crippen LogP contribution < -0.4 is 5.56 Å². The number of hydrogen-bond acceptors (Lipinski definition) is 5. The Morgan fingerprint density at radius 3 is 2.74 bits per heavy atom. The number of carbonyl (C=O) groups is 1. The Labute approximate surface area is 159 Å². The van der Waals surface area contributed by atoms with Crippen LogP contribution in [-0.2, 0) is 25.9 Å². The van der Waals surface area contributed by atoms with E-state index < -0.39 is 0 Å². The van der Waals surface area contributed by atoms with Gasteiger partial charge in [0.2, 0.25) is 0 Å². The minimum Gasteiger partial charge on any atom is -0.456 e. The maximum atomic E-state index is 13.0. The lowest BCUT2D eigenvalue weighted by atomic mass is 10.1. The fourth-order valence-electron chi connectivity index (χ4n) is 3.59. The zero-order valence-electron chi connectivity index (χ0n) is 16.6. The molecule has 0 aromatic carbocycles. The molecule has 3 rings (SSSR count). The summed E-state index contributed by atoms with van der Waals surface area (Å²) in [5.74, 6) is 1.67. The summed E-state index contributed by atoms with van der Waals surface area (Å²) in [7, 11) is 0. The number of aryl methyl sites for hydroxylation is 2. The first kappa shape index (κ1) is 19.4. The van der Waals surface area contributed by atoms with E-state index in [1.165, 1.54) is 0 Å². The molecule has 0 radical (unpaired) electrons. The van der Waals surface area contributed by atoms with Gasteiger partial charge in [-0.25, -0.2) is 4.98 Å². The van der Waals surface area contributed by atoms with Crippen LogP contribution in [0.3, 0.4) is 0 Å². The van der Waals surface area contributed by atoms with Gasteiger partial charge in [-0.15, -0.1) is 0 Å². The standard InChI is InChI=1S/C20H28N4O3/c1-5-17-14(11-23(6-2)7-3)10-18(27-17)20(26)24-9-8-15-16(12-24)21-13(4)22-19(15)25/h10H,5-9,11-12H2,1-4H3,(H,21,22,25). The SMILES string of the molecule is CCc1oc(C(=O)N2CCc3c(nc(C)[nH]c3=O)C2)cc1CN(CC)CC. The first-order chi connectivity index (χ1) is 13.0. The zero-order chi connectivity index (χ0) is 19.6. The molecule has 0 spiro atoms. The van der Waals surface area contributed by atoms with Gasteiger partial charge in [0.05, 0.1) is 12.2 Å². The van der Waals surface area contributed by atoms with E-state index in [0.29, 0.717) is 42.4 Å². The molecule has 0 atom stereocenters. The predicted molar refractivity (Wildman–Crippen MR) is 103 cm³/mol. The molecule has 0 fully saturated rings.